The van der Waals surface area contributed by atoms with Crippen molar-refractivity contribution in [2.75, 3.05) is 33.3 Å². The lowest BCUT2D eigenvalue weighted by atomic mass is 9.75. The molecule has 5 rings (SSSR count). The van der Waals surface area contributed by atoms with Crippen LogP contribution in [0.5, 0.6) is 0 Å². The highest BCUT2D eigenvalue weighted by Crippen LogP contribution is 2.40. The molecule has 1 N–H and O–H groups in total. The van der Waals surface area contributed by atoms with Gasteiger partial charge in [0.15, 0.2) is 0 Å². The van der Waals surface area contributed by atoms with Gasteiger partial charge in [0.1, 0.15) is 12.0 Å². The molecule has 0 bridgehead atoms. The Kier molecular flexibility index (Phi) is 11.0. The zero-order valence-electron chi connectivity index (χ0n) is 28.5. The summed E-state index contributed by atoms with van der Waals surface area (Å²) < 4.78 is 5.10. The minimum absolute atomic E-state index is 0.0407. The molecule has 11 nitrogen and oxygen atoms in total. The zero-order chi connectivity index (χ0) is 35.2. The molecule has 2 unspecified atom stereocenters. The summed E-state index contributed by atoms with van der Waals surface area (Å²) in [6.07, 6.45) is 0. The molecule has 0 spiro atoms. The molecule has 2 aliphatic heterocycles. The van der Waals surface area contributed by atoms with Crippen LogP contribution in [0.2, 0.25) is 0 Å². The van der Waals surface area contributed by atoms with Crippen LogP contribution >= 0.6 is 0 Å². The molecule has 1 fully saturated rings. The van der Waals surface area contributed by atoms with Crippen LogP contribution in [0.25, 0.3) is 0 Å². The number of piperazine rings is 1. The molecule has 0 saturated carbocycles. The summed E-state index contributed by atoms with van der Waals surface area (Å²) in [6, 6.07) is 25.7. The number of carbonyl (C=O) groups is 3. The fourth-order valence-corrected chi connectivity index (χ4v) is 6.97. The summed E-state index contributed by atoms with van der Waals surface area (Å²) in [4.78, 5) is 61.3. The Morgan fingerprint density at radius 2 is 1.49 bits per heavy atom. The maximum atomic E-state index is 14.2. The standard InChI is InChI=1S/C38H43N5O6/c1-24(2)34(37(45)42-21-19-41(20-22-42)35(27-13-8-6-9-14-27)28-15-10-7-11-16-28)40-36(44)31-25(3)39-26(4)32(38(46)49-5)33(31)29-17-12-18-30(23-29)43(47)48/h6-18,23-24,32-35H,19-22H2,1-5H3,(H,40,44)/t32?,33-,34?/m0/s1. The molecule has 49 heavy (non-hydrogen) atoms. The van der Waals surface area contributed by atoms with Crippen molar-refractivity contribution in [1.82, 2.24) is 15.1 Å². The highest BCUT2D eigenvalue weighted by Gasteiger charge is 2.43. The number of nitrogens with zero attached hydrogens (tertiary/aromatic N) is 4. The van der Waals surface area contributed by atoms with Gasteiger partial charge in [-0.3, -0.25) is 34.4 Å². The Balaban J connectivity index is 1.38. The first-order valence-electron chi connectivity index (χ1n) is 16.5. The first-order chi connectivity index (χ1) is 23.5. The van der Waals surface area contributed by atoms with E-state index >= 15 is 0 Å². The Bertz CT molecular complexity index is 1710. The number of rotatable bonds is 10. The van der Waals surface area contributed by atoms with Crippen LogP contribution < -0.4 is 5.32 Å². The Morgan fingerprint density at radius 1 is 0.898 bits per heavy atom. The van der Waals surface area contributed by atoms with E-state index in [0.29, 0.717) is 43.2 Å². The van der Waals surface area contributed by atoms with E-state index in [2.05, 4.69) is 39.5 Å². The summed E-state index contributed by atoms with van der Waals surface area (Å²) >= 11 is 0. The fourth-order valence-electron chi connectivity index (χ4n) is 6.97. The van der Waals surface area contributed by atoms with Gasteiger partial charge in [-0.1, -0.05) is 86.6 Å². The van der Waals surface area contributed by atoms with E-state index in [0.717, 1.165) is 0 Å². The van der Waals surface area contributed by atoms with Crippen LogP contribution in [0.3, 0.4) is 0 Å². The van der Waals surface area contributed by atoms with Gasteiger partial charge in [0.05, 0.1) is 18.1 Å². The molecule has 0 aliphatic carbocycles. The molecule has 3 atom stereocenters. The summed E-state index contributed by atoms with van der Waals surface area (Å²) in [7, 11) is 1.25. The highest BCUT2D eigenvalue weighted by molar-refractivity contribution is 6.08. The van der Waals surface area contributed by atoms with Crippen molar-refractivity contribution in [2.45, 2.75) is 45.7 Å². The zero-order valence-corrected chi connectivity index (χ0v) is 28.5. The molecule has 0 radical (unpaired) electrons. The van der Waals surface area contributed by atoms with E-state index in [1.807, 2.05) is 50.2 Å². The average Bonchev–Trinajstić information content (AvgIpc) is 3.11. The minimum atomic E-state index is -0.986. The van der Waals surface area contributed by atoms with Gasteiger partial charge in [-0.2, -0.15) is 0 Å². The van der Waals surface area contributed by atoms with Crippen molar-refractivity contribution in [2.24, 2.45) is 16.8 Å². The number of nitrogens with one attached hydrogen (secondary N) is 1. The summed E-state index contributed by atoms with van der Waals surface area (Å²) in [6.45, 7) is 9.35. The maximum absolute atomic E-state index is 14.2. The molecule has 0 aromatic heterocycles. The van der Waals surface area contributed by atoms with Crippen molar-refractivity contribution in [3.8, 4) is 0 Å². The second-order valence-corrected chi connectivity index (χ2v) is 12.9. The molecule has 11 heteroatoms. The number of amides is 2. The highest BCUT2D eigenvalue weighted by atomic mass is 16.6. The maximum Gasteiger partial charge on any atom is 0.315 e. The molecule has 2 heterocycles. The van der Waals surface area contributed by atoms with Gasteiger partial charge in [-0.05, 0) is 36.5 Å². The van der Waals surface area contributed by atoms with Crippen LogP contribution in [0.1, 0.15) is 56.3 Å². The summed E-state index contributed by atoms with van der Waals surface area (Å²) in [5.41, 5.74) is 3.54. The van der Waals surface area contributed by atoms with E-state index in [1.54, 1.807) is 24.8 Å². The van der Waals surface area contributed by atoms with E-state index in [9.17, 15) is 24.5 Å². The predicted octanol–water partition coefficient (Wildman–Crippen LogP) is 5.29. The molecule has 1 saturated heterocycles. The number of allylic oxidation sites excluding steroid dienone is 1. The number of nitro benzene ring substituents is 1. The molecule has 3 aromatic carbocycles. The molecule has 2 aliphatic rings. The van der Waals surface area contributed by atoms with Gasteiger partial charge in [-0.15, -0.1) is 0 Å². The number of aliphatic imine (C=N–C) groups is 1. The number of benzene rings is 3. The second-order valence-electron chi connectivity index (χ2n) is 12.9. The Morgan fingerprint density at radius 3 is 2.02 bits per heavy atom. The number of esters is 1. The number of ether oxygens (including phenoxy) is 1. The monoisotopic (exact) mass is 665 g/mol. The van der Waals surface area contributed by atoms with E-state index in [1.165, 1.54) is 36.4 Å². The second kappa shape index (κ2) is 15.4. The summed E-state index contributed by atoms with van der Waals surface area (Å²) in [5, 5.41) is 14.6. The Labute approximate surface area is 286 Å². The lowest BCUT2D eigenvalue weighted by molar-refractivity contribution is -0.384. The van der Waals surface area contributed by atoms with E-state index < -0.39 is 34.7 Å². The lowest BCUT2D eigenvalue weighted by Gasteiger charge is -2.41. The lowest BCUT2D eigenvalue weighted by Crippen LogP contribution is -2.57. The quantitative estimate of drug-likeness (QED) is 0.177. The normalized spacial score (nSPS) is 19.0. The first kappa shape index (κ1) is 35.2. The Hall–Kier alpha value is -5.16. The number of methoxy groups -OCH3 is 1. The topological polar surface area (TPSA) is 134 Å². The van der Waals surface area contributed by atoms with Crippen molar-refractivity contribution in [3.63, 3.8) is 0 Å². The van der Waals surface area contributed by atoms with E-state index in [4.69, 9.17) is 4.74 Å². The van der Waals surface area contributed by atoms with Gasteiger partial charge in [-0.25, -0.2) is 0 Å². The van der Waals surface area contributed by atoms with Crippen molar-refractivity contribution in [1.29, 1.82) is 0 Å². The first-order valence-corrected chi connectivity index (χ1v) is 16.5. The fraction of sp³-hybridized carbons (Fsp3) is 0.368. The molecule has 256 valence electrons. The number of nitro groups is 1. The van der Waals surface area contributed by atoms with Crippen molar-refractivity contribution >= 4 is 29.2 Å². The number of hydrogen-bond donors (Lipinski definition) is 1. The van der Waals surface area contributed by atoms with E-state index in [-0.39, 0.29) is 29.1 Å². The largest absolute Gasteiger partial charge is 0.468 e. The summed E-state index contributed by atoms with van der Waals surface area (Å²) in [5.74, 6) is -3.51. The minimum Gasteiger partial charge on any atom is -0.468 e. The molecule has 3 aromatic rings. The number of carbonyl (C=O) groups excluding carboxylic acids is 3. The van der Waals surface area contributed by atoms with Gasteiger partial charge in [0.25, 0.3) is 5.69 Å². The van der Waals surface area contributed by atoms with Crippen LogP contribution in [-0.4, -0.2) is 77.5 Å². The molecule has 2 amide bonds. The predicted molar refractivity (Wildman–Crippen MR) is 187 cm³/mol. The van der Waals surface area contributed by atoms with Crippen molar-refractivity contribution in [3.05, 3.63) is 123 Å². The van der Waals surface area contributed by atoms with Gasteiger partial charge in [0.2, 0.25) is 11.8 Å². The van der Waals surface area contributed by atoms with Gasteiger partial charge in [0, 0.05) is 61.2 Å². The van der Waals surface area contributed by atoms with Crippen LogP contribution in [0, 0.1) is 22.0 Å². The number of hydrogen-bond acceptors (Lipinski definition) is 8. The average molecular weight is 666 g/mol. The van der Waals surface area contributed by atoms with Crippen LogP contribution in [0.15, 0.2) is 101 Å². The smallest absolute Gasteiger partial charge is 0.315 e. The molecular formula is C38H43N5O6. The van der Waals surface area contributed by atoms with Gasteiger partial charge >= 0.3 is 5.97 Å². The molecular weight excluding hydrogens is 622 g/mol. The SMILES string of the molecule is COC(=O)C1C(C)=NC(C)=C(C(=O)NC(C(=O)N2CCN(C(c3ccccc3)c3ccccc3)CC2)C(C)C)[C@@H]1c1cccc([N+](=O)[O-])c1. The van der Waals surface area contributed by atoms with Crippen LogP contribution in [0.4, 0.5) is 5.69 Å². The number of non-ortho nitro benzene ring substituents is 1. The van der Waals surface area contributed by atoms with Gasteiger partial charge < -0.3 is 15.0 Å². The van der Waals surface area contributed by atoms with Crippen LogP contribution in [-0.2, 0) is 19.1 Å². The third-order valence-electron chi connectivity index (χ3n) is 9.41. The third kappa shape index (κ3) is 7.62. The van der Waals surface area contributed by atoms with Crippen molar-refractivity contribution < 1.29 is 24.0 Å². The third-order valence-corrected chi connectivity index (χ3v) is 9.41.